The van der Waals surface area contributed by atoms with Gasteiger partial charge in [0.05, 0.1) is 102 Å². The number of aryl methyl sites for hydroxylation is 5. The van der Waals surface area contributed by atoms with Gasteiger partial charge in [-0.15, -0.1) is 32.9 Å². The Kier molecular flexibility index (Phi) is 49.8. The highest BCUT2D eigenvalue weighted by molar-refractivity contribution is 7.22. The molecule has 766 valence electrons. The van der Waals surface area contributed by atoms with Gasteiger partial charge >= 0.3 is 0 Å². The second kappa shape index (κ2) is 62.5. The van der Waals surface area contributed by atoms with Crippen LogP contribution in [0.15, 0.2) is 229 Å². The number of anilines is 1. The smallest absolute Gasteiger partial charge is 0.251 e. The van der Waals surface area contributed by atoms with E-state index in [4.69, 9.17) is 54.6 Å². The molecular formula is C114H147N11O15S3. The Morgan fingerprint density at radius 1 is 0.406 bits per heavy atom. The molecule has 9 aromatic carbocycles. The fraction of sp³-hybridized carbons (Fsp3) is 0.447. The minimum Gasteiger partial charge on any atom is -0.491 e. The van der Waals surface area contributed by atoms with E-state index >= 15 is 0 Å². The van der Waals surface area contributed by atoms with Crippen molar-refractivity contribution in [2.75, 3.05) is 118 Å². The zero-order valence-electron chi connectivity index (χ0n) is 84.7. The van der Waals surface area contributed by atoms with E-state index in [1.165, 1.54) is 48.6 Å². The highest BCUT2D eigenvalue weighted by Crippen LogP contribution is 2.36. The lowest BCUT2D eigenvalue weighted by Crippen LogP contribution is -2.52. The Hall–Kier alpha value is -11.1. The number of ether oxygens (including phenoxy) is 7. The molecule has 0 aliphatic rings. The Balaban J connectivity index is 0.000000221. The minimum absolute atomic E-state index is 0.0462. The van der Waals surface area contributed by atoms with E-state index in [1.54, 1.807) is 22.7 Å². The number of carbonyl (C=O) groups is 6. The molecule has 3 heterocycles. The van der Waals surface area contributed by atoms with Crippen LogP contribution in [0.25, 0.3) is 51.8 Å². The summed E-state index contributed by atoms with van der Waals surface area (Å²) >= 11 is 4.90. The van der Waals surface area contributed by atoms with Gasteiger partial charge in [-0.3, -0.25) is 28.8 Å². The number of carbonyl (C=O) groups excluding carboxylic acids is 6. The number of nitrogens with two attached hydrogens (primary N) is 2. The van der Waals surface area contributed by atoms with Crippen LogP contribution in [0.2, 0.25) is 0 Å². The predicted molar refractivity (Wildman–Crippen MR) is 576 cm³/mol. The summed E-state index contributed by atoms with van der Waals surface area (Å²) in [6.07, 6.45) is 6.69. The number of azo groups is 1. The van der Waals surface area contributed by atoms with Gasteiger partial charge in [0.15, 0.2) is 11.6 Å². The van der Waals surface area contributed by atoms with E-state index in [2.05, 4.69) is 156 Å². The van der Waals surface area contributed by atoms with Crippen LogP contribution in [0, 0.1) is 43.4 Å². The number of fused-ring (bicyclic) bond motifs is 3. The summed E-state index contributed by atoms with van der Waals surface area (Å²) in [7, 11) is 3.98. The number of nitrogens with zero attached hydrogens (tertiary/aromatic N) is 6. The van der Waals surface area contributed by atoms with Crippen molar-refractivity contribution in [3.63, 3.8) is 0 Å². The summed E-state index contributed by atoms with van der Waals surface area (Å²) in [6.45, 7) is 23.1. The maximum absolute atomic E-state index is 13.0. The normalized spacial score (nSPS) is 13.0. The molecule has 3 amide bonds. The van der Waals surface area contributed by atoms with Gasteiger partial charge in [0.1, 0.15) is 40.4 Å². The summed E-state index contributed by atoms with van der Waals surface area (Å²) in [5.74, 6) is -0.587. The first kappa shape index (κ1) is 114. The van der Waals surface area contributed by atoms with Crippen molar-refractivity contribution in [1.82, 2.24) is 30.9 Å². The molecule has 12 rings (SSSR count). The summed E-state index contributed by atoms with van der Waals surface area (Å²) in [6, 6.07) is 70.5. The number of amides is 3. The van der Waals surface area contributed by atoms with Crippen molar-refractivity contribution in [2.45, 2.75) is 188 Å². The maximum atomic E-state index is 13.0. The molecule has 0 saturated heterocycles. The number of hydrogen-bond acceptors (Lipinski definition) is 26. The molecule has 26 nitrogen and oxygen atoms in total. The van der Waals surface area contributed by atoms with E-state index < -0.39 is 47.9 Å². The van der Waals surface area contributed by atoms with Gasteiger partial charge in [-0.05, 0) is 214 Å². The monoisotopic (exact) mass is 2010 g/mol. The predicted octanol–water partition coefficient (Wildman–Crippen LogP) is 19.9. The number of benzene rings is 9. The molecule has 0 bridgehead atoms. The third-order valence-electron chi connectivity index (χ3n) is 23.8. The first-order chi connectivity index (χ1) is 69.1. The fourth-order valence-electron chi connectivity index (χ4n) is 16.1. The van der Waals surface area contributed by atoms with Crippen LogP contribution in [0.5, 0.6) is 5.75 Å². The van der Waals surface area contributed by atoms with Crippen molar-refractivity contribution >= 4 is 116 Å². The Morgan fingerprint density at radius 2 is 0.832 bits per heavy atom. The number of ketones is 3. The molecule has 0 radical (unpaired) electrons. The van der Waals surface area contributed by atoms with Crippen LogP contribution >= 0.6 is 34.0 Å². The number of rotatable bonds is 62. The Bertz CT molecular complexity index is 5810. The van der Waals surface area contributed by atoms with Crippen molar-refractivity contribution in [1.29, 1.82) is 0 Å². The lowest BCUT2D eigenvalue weighted by atomic mass is 9.88. The standard InChI is InChI=1S/C38H50N6O6S.C38H49N3O5S.C38H48N2O4S/c1-26(2)23-33(40-37(47)36(46)31(39)24-27-9-6-5-7-10-27)34(45)11-8-18-48-19-20-49-21-22-50-30-16-17-32-35(25-30)51-38(41-32)43-42-28-12-14-29(15-13-28)44(3)4;1-26(2)22-31(25-34(42)36(43)32(39)24-29-8-5-4-6-9-29)37(44)40-17-19-46-21-20-45-18-7-10-28-12-14-30(15-13-28)38-41-33-16-11-27(3)23-35(33)47-38;1-28(2)25-33(27-34(41)13-7-11-30-9-5-4-6-10-30)37(42)39-20-22-44-24-23-43-21-8-12-31-15-17-32(18-16-31)38-40-35-19-14-29(3)26-36(35)45-38/h5-7,9-10,12-17,25-26,31,33,36,46H,8,11,18-24,39H2,1-4H3,(H,40,47);4-6,8-9,11-16,23,26,31-32,36,43H,7,10,17-22,24-25,39H2,1-3H3,(H,40,44);4-6,9-10,14-19,26,28,33H,7-8,11-13,20-25,27H2,1-3H3,(H,39,42)/t31-,33+,36+;31-,32-,36+;33-/m111/s1. The molecule has 0 aliphatic carbocycles. The van der Waals surface area contributed by atoms with Crippen LogP contribution < -0.4 is 37.1 Å². The highest BCUT2D eigenvalue weighted by Gasteiger charge is 2.32. The lowest BCUT2D eigenvalue weighted by Gasteiger charge is -2.24. The largest absolute Gasteiger partial charge is 0.491 e. The average molecular weight is 2010 g/mol. The third kappa shape index (κ3) is 41.9. The number of aliphatic hydroxyl groups is 2. The quantitative estimate of drug-likeness (QED) is 0.0137. The number of aliphatic hydroxyl groups excluding tert-OH is 2. The fourth-order valence-corrected chi connectivity index (χ4v) is 19.1. The first-order valence-corrected chi connectivity index (χ1v) is 52.6. The minimum atomic E-state index is -1.42. The molecule has 0 saturated carbocycles. The number of aromatic nitrogens is 3. The van der Waals surface area contributed by atoms with Crippen LogP contribution in [0.3, 0.4) is 0 Å². The Morgan fingerprint density at radius 3 is 1.33 bits per heavy atom. The first-order valence-electron chi connectivity index (χ1n) is 50.2. The third-order valence-corrected chi connectivity index (χ3v) is 26.8. The molecule has 12 aromatic rings. The summed E-state index contributed by atoms with van der Waals surface area (Å²) < 4.78 is 43.3. The summed E-state index contributed by atoms with van der Waals surface area (Å²) in [5.41, 5.74) is 27.5. The molecule has 3 aromatic heterocycles. The van der Waals surface area contributed by atoms with Gasteiger partial charge in [0.2, 0.25) is 16.9 Å². The second-order valence-corrected chi connectivity index (χ2v) is 40.8. The van der Waals surface area contributed by atoms with Crippen LogP contribution in [0.1, 0.15) is 151 Å². The summed E-state index contributed by atoms with van der Waals surface area (Å²) in [4.78, 5) is 93.0. The lowest BCUT2D eigenvalue weighted by molar-refractivity contribution is -0.134. The van der Waals surface area contributed by atoms with Crippen molar-refractivity contribution in [3.8, 4) is 26.9 Å². The number of nitrogens with one attached hydrogen (secondary N) is 3. The van der Waals surface area contributed by atoms with E-state index in [1.807, 2.05) is 168 Å². The molecular weight excluding hydrogens is 1860 g/mol. The van der Waals surface area contributed by atoms with E-state index in [0.717, 1.165) is 109 Å². The summed E-state index contributed by atoms with van der Waals surface area (Å²) in [5, 5.41) is 40.9. The maximum Gasteiger partial charge on any atom is 0.251 e. The molecule has 29 heteroatoms. The number of hydrogen-bond donors (Lipinski definition) is 7. The van der Waals surface area contributed by atoms with Crippen LogP contribution in [-0.2, 0) is 89.3 Å². The van der Waals surface area contributed by atoms with E-state index in [-0.39, 0.29) is 54.0 Å². The molecule has 0 fully saturated rings. The molecule has 0 unspecified atom stereocenters. The second-order valence-electron chi connectivity index (χ2n) is 37.7. The Labute approximate surface area is 855 Å². The van der Waals surface area contributed by atoms with E-state index in [9.17, 15) is 39.0 Å². The van der Waals surface area contributed by atoms with Gasteiger partial charge in [-0.25, -0.2) is 15.0 Å². The van der Waals surface area contributed by atoms with Crippen LogP contribution in [0.4, 0.5) is 16.5 Å². The van der Waals surface area contributed by atoms with Gasteiger partial charge in [-0.2, -0.15) is 0 Å². The van der Waals surface area contributed by atoms with Crippen molar-refractivity contribution in [2.24, 2.45) is 51.3 Å². The zero-order valence-corrected chi connectivity index (χ0v) is 87.2. The van der Waals surface area contributed by atoms with Crippen LogP contribution in [-0.4, -0.2) is 204 Å². The van der Waals surface area contributed by atoms with Gasteiger partial charge < -0.3 is 75.7 Å². The molecule has 7 atom stereocenters. The number of thiazole rings is 3. The van der Waals surface area contributed by atoms with Gasteiger partial charge in [0, 0.05) is 113 Å². The highest BCUT2D eigenvalue weighted by atomic mass is 32.1. The molecule has 9 N–H and O–H groups in total. The average Bonchev–Trinajstić information content (AvgIpc) is 1.68. The molecule has 0 spiro atoms. The number of Topliss-reactive ketones (excluding diaryl/α,β-unsaturated/α-hetero) is 3. The molecule has 143 heavy (non-hydrogen) atoms. The van der Waals surface area contributed by atoms with Gasteiger partial charge in [-0.1, -0.05) is 205 Å². The molecule has 0 aliphatic heterocycles. The topological polar surface area (TPSA) is 362 Å². The van der Waals surface area contributed by atoms with Crippen molar-refractivity contribution < 1.29 is 72.1 Å². The zero-order chi connectivity index (χ0) is 102. The SMILES string of the molecule is CC(C)C[C@H](NC(=O)[C@@H](O)[C@H](N)Cc1ccccc1)C(=O)CCCOCCOCCOc1ccc2nc(N=Nc3ccc(N(C)C)cc3)sc2c1.Cc1ccc2nc(-c3ccc(CCCOCCOCCNC(=O)[C@@H](CC(=O)CCCc4ccccc4)CC(C)C)cc3)sc2c1.Cc1ccc2nc(-c3ccc(CCCOCCOCCNC(=O)[C@@H](CC(=O)[C@@H](O)[C@H](N)Cc4ccccc4)CC(C)C)cc3)sc2c1. The van der Waals surface area contributed by atoms with E-state index in [0.29, 0.717) is 161 Å². The van der Waals surface area contributed by atoms with Gasteiger partial charge in [0.25, 0.3) is 5.91 Å². The van der Waals surface area contributed by atoms with Crippen molar-refractivity contribution in [3.05, 3.63) is 257 Å².